The molecule has 0 atom stereocenters. The highest BCUT2D eigenvalue weighted by molar-refractivity contribution is 7.89. The lowest BCUT2D eigenvalue weighted by Gasteiger charge is -2.05. The number of aromatic nitrogens is 2. The van der Waals surface area contributed by atoms with Crippen LogP contribution < -0.4 is 4.72 Å². The van der Waals surface area contributed by atoms with Crippen molar-refractivity contribution in [3.05, 3.63) is 23.4 Å². The van der Waals surface area contributed by atoms with Gasteiger partial charge < -0.3 is 0 Å². The minimum atomic E-state index is -3.63. The third kappa shape index (κ3) is 3.21. The zero-order chi connectivity index (χ0) is 12.2. The van der Waals surface area contributed by atoms with E-state index in [1.165, 1.54) is 17.9 Å². The standard InChI is InChI=1S/C8H11Cl2N3O2S/c1-13-8(7(10)6-11-13)16(14,15)12-5-3-2-4-9/h2-3,6,12H,4-5H2,1H3/b3-2+. The molecule has 0 aliphatic carbocycles. The van der Waals surface area contributed by atoms with Crippen LogP contribution in [0.15, 0.2) is 23.4 Å². The number of hydrogen-bond donors (Lipinski definition) is 1. The Balaban J connectivity index is 2.83. The molecule has 16 heavy (non-hydrogen) atoms. The number of nitrogens with zero attached hydrogens (tertiary/aromatic N) is 2. The van der Waals surface area contributed by atoms with E-state index in [2.05, 4.69) is 9.82 Å². The third-order valence-corrected chi connectivity index (χ3v) is 3.85. The van der Waals surface area contributed by atoms with Gasteiger partial charge in [0.15, 0.2) is 5.03 Å². The lowest BCUT2D eigenvalue weighted by Crippen LogP contribution is -2.26. The maximum atomic E-state index is 11.8. The predicted molar refractivity (Wildman–Crippen MR) is 63.3 cm³/mol. The van der Waals surface area contributed by atoms with E-state index in [-0.39, 0.29) is 16.6 Å². The number of nitrogens with one attached hydrogen (secondary N) is 1. The first-order valence-corrected chi connectivity index (χ1v) is 6.76. The molecule has 8 heteroatoms. The molecule has 1 aromatic heterocycles. The second-order valence-electron chi connectivity index (χ2n) is 2.90. The molecule has 0 bridgehead atoms. The molecule has 90 valence electrons. The molecule has 0 fully saturated rings. The summed E-state index contributed by atoms with van der Waals surface area (Å²) in [4.78, 5) is 0. The molecule has 0 amide bonds. The molecule has 0 saturated carbocycles. The highest BCUT2D eigenvalue weighted by atomic mass is 35.5. The number of halogens is 2. The van der Waals surface area contributed by atoms with Gasteiger partial charge in [0.1, 0.15) is 0 Å². The summed E-state index contributed by atoms with van der Waals surface area (Å²) in [6.07, 6.45) is 4.55. The van der Waals surface area contributed by atoms with Crippen LogP contribution in [0.5, 0.6) is 0 Å². The molecule has 0 aromatic carbocycles. The van der Waals surface area contributed by atoms with Crippen molar-refractivity contribution in [1.82, 2.24) is 14.5 Å². The van der Waals surface area contributed by atoms with Crippen molar-refractivity contribution in [2.75, 3.05) is 12.4 Å². The Morgan fingerprint density at radius 3 is 2.75 bits per heavy atom. The first-order valence-electron chi connectivity index (χ1n) is 4.37. The van der Waals surface area contributed by atoms with E-state index in [1.54, 1.807) is 12.2 Å². The van der Waals surface area contributed by atoms with E-state index < -0.39 is 10.0 Å². The number of alkyl halides is 1. The first-order chi connectivity index (χ1) is 7.49. The maximum absolute atomic E-state index is 11.8. The average Bonchev–Trinajstić information content (AvgIpc) is 2.54. The second kappa shape index (κ2) is 5.67. The third-order valence-electron chi connectivity index (χ3n) is 1.74. The van der Waals surface area contributed by atoms with E-state index >= 15 is 0 Å². The van der Waals surface area contributed by atoms with Gasteiger partial charge in [-0.2, -0.15) is 5.10 Å². The maximum Gasteiger partial charge on any atom is 0.259 e. The van der Waals surface area contributed by atoms with Gasteiger partial charge in [-0.3, -0.25) is 4.68 Å². The summed E-state index contributed by atoms with van der Waals surface area (Å²) in [5.41, 5.74) is 0. The van der Waals surface area contributed by atoms with Crippen molar-refractivity contribution in [3.8, 4) is 0 Å². The lowest BCUT2D eigenvalue weighted by atomic mass is 10.5. The van der Waals surface area contributed by atoms with Crippen LogP contribution in [0.1, 0.15) is 0 Å². The molecule has 1 heterocycles. The van der Waals surface area contributed by atoms with Crippen LogP contribution in [0.25, 0.3) is 0 Å². The van der Waals surface area contributed by atoms with Gasteiger partial charge in [-0.1, -0.05) is 23.8 Å². The molecule has 0 aliphatic heterocycles. The van der Waals surface area contributed by atoms with Gasteiger partial charge >= 0.3 is 0 Å². The van der Waals surface area contributed by atoms with E-state index in [4.69, 9.17) is 23.2 Å². The predicted octanol–water partition coefficient (Wildman–Crippen LogP) is 1.15. The van der Waals surface area contributed by atoms with Gasteiger partial charge in [0.25, 0.3) is 10.0 Å². The molecule has 0 aliphatic rings. The van der Waals surface area contributed by atoms with Crippen molar-refractivity contribution >= 4 is 33.2 Å². The van der Waals surface area contributed by atoms with Crippen LogP contribution in [-0.2, 0) is 17.1 Å². The van der Waals surface area contributed by atoms with Gasteiger partial charge in [-0.15, -0.1) is 11.6 Å². The Bertz CT molecular complexity index is 462. The van der Waals surface area contributed by atoms with E-state index in [9.17, 15) is 8.42 Å². The van der Waals surface area contributed by atoms with Crippen molar-refractivity contribution in [2.45, 2.75) is 5.03 Å². The normalized spacial score (nSPS) is 12.4. The van der Waals surface area contributed by atoms with Gasteiger partial charge in [0.05, 0.1) is 11.2 Å². The highest BCUT2D eigenvalue weighted by Gasteiger charge is 2.21. The van der Waals surface area contributed by atoms with E-state index in [1.807, 2.05) is 0 Å². The Labute approximate surface area is 104 Å². The van der Waals surface area contributed by atoms with Gasteiger partial charge in [0, 0.05) is 19.5 Å². The first kappa shape index (κ1) is 13.5. The van der Waals surface area contributed by atoms with Crippen LogP contribution in [0.2, 0.25) is 5.02 Å². The molecular formula is C8H11Cl2N3O2S. The summed E-state index contributed by atoms with van der Waals surface area (Å²) in [6.45, 7) is 0.163. The molecule has 1 aromatic rings. The summed E-state index contributed by atoms with van der Waals surface area (Å²) < 4.78 is 27.1. The summed E-state index contributed by atoms with van der Waals surface area (Å²) in [7, 11) is -2.13. The van der Waals surface area contributed by atoms with Crippen molar-refractivity contribution in [1.29, 1.82) is 0 Å². The molecular weight excluding hydrogens is 273 g/mol. The largest absolute Gasteiger partial charge is 0.259 e. The smallest absolute Gasteiger partial charge is 0.255 e. The quantitative estimate of drug-likeness (QED) is 0.651. The molecule has 0 radical (unpaired) electrons. The molecule has 0 spiro atoms. The average molecular weight is 284 g/mol. The number of allylic oxidation sites excluding steroid dienone is 1. The minimum absolute atomic E-state index is 0.0477. The van der Waals surface area contributed by atoms with Crippen LogP contribution in [0.3, 0.4) is 0 Å². The van der Waals surface area contributed by atoms with Gasteiger partial charge in [0.2, 0.25) is 0 Å². The summed E-state index contributed by atoms with van der Waals surface area (Å²) >= 11 is 11.1. The molecule has 0 saturated heterocycles. The SMILES string of the molecule is Cn1ncc(Cl)c1S(=O)(=O)NC/C=C/CCl. The van der Waals surface area contributed by atoms with Crippen LogP contribution in [0.4, 0.5) is 0 Å². The molecule has 5 nitrogen and oxygen atoms in total. The van der Waals surface area contributed by atoms with Crippen molar-refractivity contribution < 1.29 is 8.42 Å². The Morgan fingerprint density at radius 1 is 1.56 bits per heavy atom. The number of sulfonamides is 1. The van der Waals surface area contributed by atoms with Crippen LogP contribution in [0, 0.1) is 0 Å². The Morgan fingerprint density at radius 2 is 2.25 bits per heavy atom. The van der Waals surface area contributed by atoms with Crippen LogP contribution in [-0.4, -0.2) is 30.6 Å². The van der Waals surface area contributed by atoms with E-state index in [0.717, 1.165) is 0 Å². The van der Waals surface area contributed by atoms with Crippen molar-refractivity contribution in [2.24, 2.45) is 7.05 Å². The monoisotopic (exact) mass is 283 g/mol. The summed E-state index contributed by atoms with van der Waals surface area (Å²) in [5, 5.41) is 3.80. The highest BCUT2D eigenvalue weighted by Crippen LogP contribution is 2.19. The lowest BCUT2D eigenvalue weighted by molar-refractivity contribution is 0.567. The van der Waals surface area contributed by atoms with Gasteiger partial charge in [-0.05, 0) is 0 Å². The zero-order valence-electron chi connectivity index (χ0n) is 8.52. The topological polar surface area (TPSA) is 64.0 Å². The molecule has 1 rings (SSSR count). The van der Waals surface area contributed by atoms with Crippen LogP contribution >= 0.6 is 23.2 Å². The Hall–Kier alpha value is -0.560. The number of hydrogen-bond acceptors (Lipinski definition) is 3. The number of rotatable bonds is 5. The fourth-order valence-corrected chi connectivity index (χ4v) is 2.83. The zero-order valence-corrected chi connectivity index (χ0v) is 10.8. The van der Waals surface area contributed by atoms with Gasteiger partial charge in [-0.25, -0.2) is 13.1 Å². The van der Waals surface area contributed by atoms with E-state index in [0.29, 0.717) is 5.88 Å². The fraction of sp³-hybridized carbons (Fsp3) is 0.375. The summed E-state index contributed by atoms with van der Waals surface area (Å²) in [5.74, 6) is 0.341. The number of aryl methyl sites for hydroxylation is 1. The van der Waals surface area contributed by atoms with Crippen molar-refractivity contribution in [3.63, 3.8) is 0 Å². The fourth-order valence-electron chi connectivity index (χ4n) is 1.07. The Kier molecular flexibility index (Phi) is 4.79. The molecule has 0 unspecified atom stereocenters. The second-order valence-corrected chi connectivity index (χ2v) is 5.30. The minimum Gasteiger partial charge on any atom is -0.255 e. The summed E-state index contributed by atoms with van der Waals surface area (Å²) in [6, 6.07) is 0. The molecule has 1 N–H and O–H groups in total.